The number of thioether (sulfide) groups is 1. The summed E-state index contributed by atoms with van der Waals surface area (Å²) >= 11 is 6.67. The van der Waals surface area contributed by atoms with E-state index < -0.39 is 17.1 Å². The predicted octanol–water partition coefficient (Wildman–Crippen LogP) is 3.23. The van der Waals surface area contributed by atoms with Gasteiger partial charge in [0.15, 0.2) is 11.5 Å². The summed E-state index contributed by atoms with van der Waals surface area (Å²) in [6.45, 7) is 0.0894. The molecule has 1 aliphatic rings. The lowest BCUT2D eigenvalue weighted by atomic mass is 10.1. The zero-order valence-corrected chi connectivity index (χ0v) is 19.1. The minimum Gasteiger partial charge on any atom is -0.493 e. The van der Waals surface area contributed by atoms with Gasteiger partial charge in [-0.05, 0) is 47.7 Å². The highest BCUT2D eigenvalue weighted by molar-refractivity contribution is 8.18. The zero-order valence-electron chi connectivity index (χ0n) is 17.5. The molecule has 11 heteroatoms. The van der Waals surface area contributed by atoms with Crippen molar-refractivity contribution in [2.45, 2.75) is 0 Å². The molecule has 0 radical (unpaired) electrons. The summed E-state index contributed by atoms with van der Waals surface area (Å²) in [6, 6.07) is 6.33. The first-order valence-electron chi connectivity index (χ1n) is 9.33. The molecule has 32 heavy (non-hydrogen) atoms. The van der Waals surface area contributed by atoms with Crippen molar-refractivity contribution in [1.82, 2.24) is 15.2 Å². The van der Waals surface area contributed by atoms with Crippen LogP contribution in [0.1, 0.15) is 16.1 Å². The van der Waals surface area contributed by atoms with Gasteiger partial charge in [-0.15, -0.1) is 0 Å². The van der Waals surface area contributed by atoms with Crippen LogP contribution in [0.4, 0.5) is 4.79 Å². The molecule has 0 saturated carbocycles. The van der Waals surface area contributed by atoms with Crippen molar-refractivity contribution in [2.75, 3.05) is 34.4 Å². The van der Waals surface area contributed by atoms with E-state index in [1.807, 2.05) is 0 Å². The third-order valence-corrected chi connectivity index (χ3v) is 5.58. The Hall–Kier alpha value is -3.24. The third-order valence-electron chi connectivity index (χ3n) is 4.43. The van der Waals surface area contributed by atoms with Crippen molar-refractivity contribution in [3.63, 3.8) is 0 Å². The van der Waals surface area contributed by atoms with Crippen LogP contribution in [0.5, 0.6) is 17.2 Å². The van der Waals surface area contributed by atoms with Crippen LogP contribution in [0, 0.1) is 0 Å². The van der Waals surface area contributed by atoms with E-state index in [9.17, 15) is 14.4 Å². The summed E-state index contributed by atoms with van der Waals surface area (Å²) in [5, 5.41) is 2.58. The molecular weight excluding hydrogens is 458 g/mol. The van der Waals surface area contributed by atoms with Gasteiger partial charge in [0.1, 0.15) is 5.69 Å². The molecule has 0 spiro atoms. The van der Waals surface area contributed by atoms with Crippen molar-refractivity contribution < 1.29 is 28.6 Å². The number of pyridine rings is 1. The van der Waals surface area contributed by atoms with E-state index in [4.69, 9.17) is 25.8 Å². The maximum Gasteiger partial charge on any atom is 0.293 e. The maximum atomic E-state index is 12.7. The van der Waals surface area contributed by atoms with Crippen LogP contribution in [0.15, 0.2) is 35.4 Å². The summed E-state index contributed by atoms with van der Waals surface area (Å²) in [4.78, 5) is 42.5. The lowest BCUT2D eigenvalue weighted by Crippen LogP contribution is -2.37. The molecular formula is C21H20ClN3O6S. The van der Waals surface area contributed by atoms with E-state index in [0.717, 1.165) is 16.7 Å². The summed E-state index contributed by atoms with van der Waals surface area (Å²) in [6.07, 6.45) is 2.99. The molecule has 1 aliphatic heterocycles. The molecule has 0 atom stereocenters. The molecule has 3 amide bonds. The molecule has 9 nitrogen and oxygen atoms in total. The molecule has 0 bridgehead atoms. The van der Waals surface area contributed by atoms with E-state index in [1.165, 1.54) is 33.6 Å². The number of hydrogen-bond acceptors (Lipinski definition) is 8. The second-order valence-corrected chi connectivity index (χ2v) is 7.84. The van der Waals surface area contributed by atoms with Gasteiger partial charge in [0.2, 0.25) is 5.75 Å². The number of ether oxygens (including phenoxy) is 3. The van der Waals surface area contributed by atoms with Gasteiger partial charge < -0.3 is 19.5 Å². The Morgan fingerprint density at radius 1 is 1.16 bits per heavy atom. The summed E-state index contributed by atoms with van der Waals surface area (Å²) in [5.74, 6) is 0.367. The third kappa shape index (κ3) is 5.14. The van der Waals surface area contributed by atoms with Gasteiger partial charge in [-0.1, -0.05) is 11.6 Å². The Labute approximate surface area is 193 Å². The molecule has 1 saturated heterocycles. The van der Waals surface area contributed by atoms with Gasteiger partial charge in [0, 0.05) is 24.3 Å². The lowest BCUT2D eigenvalue weighted by Gasteiger charge is -2.13. The number of nitrogens with zero attached hydrogens (tertiary/aromatic N) is 2. The van der Waals surface area contributed by atoms with E-state index in [-0.39, 0.29) is 23.7 Å². The average Bonchev–Trinajstić information content (AvgIpc) is 3.05. The Morgan fingerprint density at radius 2 is 1.84 bits per heavy atom. The van der Waals surface area contributed by atoms with Gasteiger partial charge in [0.05, 0.1) is 26.2 Å². The number of nitrogens with one attached hydrogen (secondary N) is 1. The van der Waals surface area contributed by atoms with Crippen molar-refractivity contribution in [3.8, 4) is 17.2 Å². The van der Waals surface area contributed by atoms with Gasteiger partial charge in [0.25, 0.3) is 17.1 Å². The number of amides is 3. The van der Waals surface area contributed by atoms with Crippen molar-refractivity contribution in [2.24, 2.45) is 0 Å². The number of imide groups is 1. The molecule has 1 N–H and O–H groups in total. The Bertz CT molecular complexity index is 1070. The number of carbonyl (C=O) groups is 3. The first kappa shape index (κ1) is 23.4. The molecule has 1 aromatic carbocycles. The van der Waals surface area contributed by atoms with Gasteiger partial charge in [-0.3, -0.25) is 24.3 Å². The smallest absolute Gasteiger partial charge is 0.293 e. The van der Waals surface area contributed by atoms with E-state index in [0.29, 0.717) is 27.8 Å². The van der Waals surface area contributed by atoms with Crippen LogP contribution >= 0.6 is 23.4 Å². The van der Waals surface area contributed by atoms with Crippen LogP contribution in [0.25, 0.3) is 6.08 Å². The summed E-state index contributed by atoms with van der Waals surface area (Å²) in [5.41, 5.74) is 0.749. The lowest BCUT2D eigenvalue weighted by molar-refractivity contribution is -0.122. The van der Waals surface area contributed by atoms with E-state index in [1.54, 1.807) is 24.3 Å². The molecule has 1 fully saturated rings. The first-order chi connectivity index (χ1) is 15.4. The van der Waals surface area contributed by atoms with Crippen LogP contribution in [-0.4, -0.2) is 61.4 Å². The number of aromatic nitrogens is 1. The second-order valence-electron chi connectivity index (χ2n) is 6.41. The molecule has 2 aromatic rings. The van der Waals surface area contributed by atoms with Crippen molar-refractivity contribution in [1.29, 1.82) is 0 Å². The maximum absolute atomic E-state index is 12.7. The first-order valence-corrected chi connectivity index (χ1v) is 10.5. The predicted molar refractivity (Wildman–Crippen MR) is 120 cm³/mol. The highest BCUT2D eigenvalue weighted by atomic mass is 35.5. The van der Waals surface area contributed by atoms with Crippen LogP contribution in [0.2, 0.25) is 5.02 Å². The number of benzene rings is 1. The normalized spacial score (nSPS) is 14.6. The standard InChI is InChI=1S/C21H20ClN3O6S/c1-29-15-8-12(9-16(30-2)18(15)31-3)10-17-20(27)25(21(28)32-17)7-6-24-19(26)14-11-13(22)4-5-23-14/h4-5,8-11H,6-7H2,1-3H3,(H,24,26)/b17-10-. The number of rotatable bonds is 8. The van der Waals surface area contributed by atoms with Crippen LogP contribution in [-0.2, 0) is 4.79 Å². The number of methoxy groups -OCH3 is 3. The van der Waals surface area contributed by atoms with Crippen molar-refractivity contribution in [3.05, 3.63) is 51.6 Å². The quantitative estimate of drug-likeness (QED) is 0.577. The van der Waals surface area contributed by atoms with Gasteiger partial charge in [-0.25, -0.2) is 0 Å². The number of carbonyl (C=O) groups excluding carboxylic acids is 3. The molecule has 0 aliphatic carbocycles. The molecule has 1 aromatic heterocycles. The van der Waals surface area contributed by atoms with Crippen molar-refractivity contribution >= 4 is 46.5 Å². The molecule has 168 valence electrons. The summed E-state index contributed by atoms with van der Waals surface area (Å²) in [7, 11) is 4.47. The molecule has 2 heterocycles. The molecule has 0 unspecified atom stereocenters. The second kappa shape index (κ2) is 10.4. The highest BCUT2D eigenvalue weighted by Gasteiger charge is 2.34. The number of halogens is 1. The van der Waals surface area contributed by atoms with Gasteiger partial charge >= 0.3 is 0 Å². The Morgan fingerprint density at radius 3 is 2.44 bits per heavy atom. The zero-order chi connectivity index (χ0) is 23.3. The SMILES string of the molecule is COc1cc(/C=C2\SC(=O)N(CCNC(=O)c3cc(Cl)ccn3)C2=O)cc(OC)c1OC. The Kier molecular flexibility index (Phi) is 7.60. The average molecular weight is 478 g/mol. The minimum atomic E-state index is -0.455. The monoisotopic (exact) mass is 477 g/mol. The summed E-state index contributed by atoms with van der Waals surface area (Å²) < 4.78 is 15.9. The van der Waals surface area contributed by atoms with Crippen LogP contribution in [0.3, 0.4) is 0 Å². The fraction of sp³-hybridized carbons (Fsp3) is 0.238. The minimum absolute atomic E-state index is 0.0174. The van der Waals surface area contributed by atoms with E-state index >= 15 is 0 Å². The largest absolute Gasteiger partial charge is 0.493 e. The van der Waals surface area contributed by atoms with Gasteiger partial charge in [-0.2, -0.15) is 0 Å². The van der Waals surface area contributed by atoms with E-state index in [2.05, 4.69) is 10.3 Å². The number of hydrogen-bond donors (Lipinski definition) is 1. The fourth-order valence-electron chi connectivity index (χ4n) is 2.93. The van der Waals surface area contributed by atoms with Crippen LogP contribution < -0.4 is 19.5 Å². The highest BCUT2D eigenvalue weighted by Crippen LogP contribution is 2.40. The topological polar surface area (TPSA) is 107 Å². The fourth-order valence-corrected chi connectivity index (χ4v) is 3.95. The molecule has 3 rings (SSSR count). The Balaban J connectivity index is 1.69.